The Morgan fingerprint density at radius 1 is 0.431 bits per heavy atom. The number of oxazole rings is 1. The molecule has 0 fully saturated rings. The average Bonchev–Trinajstić information content (AvgIpc) is 3.99. The predicted octanol–water partition coefficient (Wildman–Crippen LogP) is 15.2. The van der Waals surface area contributed by atoms with E-state index in [0.29, 0.717) is 5.89 Å². The van der Waals surface area contributed by atoms with Gasteiger partial charge < -0.3 is 13.9 Å². The monoisotopic (exact) mass is 759 g/mol. The van der Waals surface area contributed by atoms with E-state index in [1.807, 2.05) is 47.7 Å². The molecule has 0 radical (unpaired) electrons. The van der Waals surface area contributed by atoms with Crippen molar-refractivity contribution in [3.8, 4) is 28.3 Å². The van der Waals surface area contributed by atoms with Gasteiger partial charge in [0.2, 0.25) is 5.89 Å². The van der Waals surface area contributed by atoms with Crippen LogP contribution < -0.4 is 4.90 Å². The zero-order valence-electron chi connectivity index (χ0n) is 31.2. The van der Waals surface area contributed by atoms with Crippen LogP contribution in [0.25, 0.3) is 92.1 Å². The van der Waals surface area contributed by atoms with Gasteiger partial charge in [-0.1, -0.05) is 109 Å². The van der Waals surface area contributed by atoms with Gasteiger partial charge in [0.15, 0.2) is 5.58 Å². The Labute approximate surface area is 338 Å². The van der Waals surface area contributed by atoms with Crippen molar-refractivity contribution < 1.29 is 4.42 Å². The zero-order valence-corrected chi connectivity index (χ0v) is 32.0. The van der Waals surface area contributed by atoms with Gasteiger partial charge in [-0.15, -0.1) is 11.3 Å². The number of nitrogens with zero attached hydrogens (tertiary/aromatic N) is 3. The highest BCUT2D eigenvalue weighted by molar-refractivity contribution is 7.25. The lowest BCUT2D eigenvalue weighted by molar-refractivity contribution is 0.623. The van der Waals surface area contributed by atoms with Crippen molar-refractivity contribution in [3.63, 3.8) is 0 Å². The third-order valence-corrected chi connectivity index (χ3v) is 12.6. The SMILES string of the molecule is c1ccc(-c2nc3ccc4ccc(-c5ccc(N(c6ccc7sc8ccccc8c7c6)c6ccc7c8ccccc8n(-c8ccccc8)c7c6)cc5)cc4c3o2)cc1. The van der Waals surface area contributed by atoms with Crippen molar-refractivity contribution in [2.75, 3.05) is 4.90 Å². The van der Waals surface area contributed by atoms with Crippen LogP contribution in [-0.2, 0) is 0 Å². The Morgan fingerprint density at radius 2 is 1.09 bits per heavy atom. The second kappa shape index (κ2) is 13.1. The topological polar surface area (TPSA) is 34.2 Å². The maximum Gasteiger partial charge on any atom is 0.227 e. The fourth-order valence-electron chi connectivity index (χ4n) is 8.65. The molecular weight excluding hydrogens is 727 g/mol. The lowest BCUT2D eigenvalue weighted by Gasteiger charge is -2.26. The van der Waals surface area contributed by atoms with Gasteiger partial charge in [-0.2, -0.15) is 0 Å². The van der Waals surface area contributed by atoms with E-state index >= 15 is 0 Å². The lowest BCUT2D eigenvalue weighted by Crippen LogP contribution is -2.10. The van der Waals surface area contributed by atoms with Gasteiger partial charge in [-0.25, -0.2) is 4.98 Å². The van der Waals surface area contributed by atoms with E-state index in [9.17, 15) is 0 Å². The number of fused-ring (bicyclic) bond motifs is 9. The van der Waals surface area contributed by atoms with Crippen LogP contribution in [0.15, 0.2) is 205 Å². The lowest BCUT2D eigenvalue weighted by atomic mass is 10.00. The van der Waals surface area contributed by atoms with Gasteiger partial charge in [0.05, 0.1) is 11.0 Å². The zero-order chi connectivity index (χ0) is 38.2. The summed E-state index contributed by atoms with van der Waals surface area (Å²) < 4.78 is 11.4. The van der Waals surface area contributed by atoms with Crippen molar-refractivity contribution in [3.05, 3.63) is 200 Å². The summed E-state index contributed by atoms with van der Waals surface area (Å²) in [6, 6.07) is 71.7. The minimum Gasteiger partial charge on any atom is -0.435 e. The molecule has 58 heavy (non-hydrogen) atoms. The summed E-state index contributed by atoms with van der Waals surface area (Å²) in [5.41, 5.74) is 11.7. The molecule has 0 amide bonds. The number of hydrogen-bond acceptors (Lipinski definition) is 4. The van der Waals surface area contributed by atoms with Crippen molar-refractivity contribution in [2.45, 2.75) is 0 Å². The predicted molar refractivity (Wildman–Crippen MR) is 244 cm³/mol. The fraction of sp³-hybridized carbons (Fsp3) is 0. The number of rotatable bonds is 6. The summed E-state index contributed by atoms with van der Waals surface area (Å²) >= 11 is 1.85. The highest BCUT2D eigenvalue weighted by Crippen LogP contribution is 2.43. The van der Waals surface area contributed by atoms with Crippen LogP contribution in [0.2, 0.25) is 0 Å². The number of hydrogen-bond donors (Lipinski definition) is 0. The third kappa shape index (κ3) is 5.25. The van der Waals surface area contributed by atoms with E-state index in [-0.39, 0.29) is 0 Å². The number of anilines is 3. The Balaban J connectivity index is 1.01. The molecule has 0 N–H and O–H groups in total. The second-order valence-electron chi connectivity index (χ2n) is 14.8. The smallest absolute Gasteiger partial charge is 0.227 e. The normalized spacial score (nSPS) is 11.8. The number of benzene rings is 9. The maximum absolute atomic E-state index is 6.43. The van der Waals surface area contributed by atoms with Crippen molar-refractivity contribution in [1.82, 2.24) is 9.55 Å². The van der Waals surface area contributed by atoms with Crippen LogP contribution in [0.4, 0.5) is 17.1 Å². The molecule has 272 valence electrons. The minimum absolute atomic E-state index is 0.633. The van der Waals surface area contributed by atoms with Crippen molar-refractivity contribution >= 4 is 92.2 Å². The average molecular weight is 760 g/mol. The molecule has 0 bridgehead atoms. The largest absolute Gasteiger partial charge is 0.435 e. The number of thiophene rings is 1. The van der Waals surface area contributed by atoms with E-state index < -0.39 is 0 Å². The molecule has 5 heteroatoms. The molecule has 0 aliphatic heterocycles. The van der Waals surface area contributed by atoms with Gasteiger partial charge >= 0.3 is 0 Å². The van der Waals surface area contributed by atoms with Gasteiger partial charge in [0.1, 0.15) is 5.52 Å². The first kappa shape index (κ1) is 32.7. The van der Waals surface area contributed by atoms with Gasteiger partial charge in [0, 0.05) is 64.6 Å². The molecule has 4 nitrogen and oxygen atoms in total. The van der Waals surface area contributed by atoms with E-state index in [2.05, 4.69) is 173 Å². The highest BCUT2D eigenvalue weighted by Gasteiger charge is 2.19. The highest BCUT2D eigenvalue weighted by atomic mass is 32.1. The van der Waals surface area contributed by atoms with Crippen molar-refractivity contribution in [1.29, 1.82) is 0 Å². The molecule has 0 aliphatic rings. The number of aromatic nitrogens is 2. The molecule has 0 spiro atoms. The molecule has 9 aromatic carbocycles. The quantitative estimate of drug-likeness (QED) is 0.169. The Hall–Kier alpha value is -7.47. The summed E-state index contributed by atoms with van der Waals surface area (Å²) in [6.07, 6.45) is 0. The van der Waals surface area contributed by atoms with E-state index in [1.165, 1.54) is 42.0 Å². The molecule has 0 aliphatic carbocycles. The Kier molecular flexibility index (Phi) is 7.37. The van der Waals surface area contributed by atoms with Crippen LogP contribution in [-0.4, -0.2) is 9.55 Å². The summed E-state index contributed by atoms with van der Waals surface area (Å²) in [4.78, 5) is 7.23. The molecule has 12 aromatic rings. The molecular formula is C53H33N3OS. The number of para-hydroxylation sites is 2. The fourth-order valence-corrected chi connectivity index (χ4v) is 9.73. The maximum atomic E-state index is 6.43. The summed E-state index contributed by atoms with van der Waals surface area (Å²) in [5, 5.41) is 7.19. The standard InChI is InChI=1S/C53H33N3OS/c1-3-11-36(12-4-1)53-54-47-29-23-35-19-20-37(31-45(35)52(47)57-53)34-21-24-39(25-22-34)55(40-27-30-51-46(32-40)44-16-8-10-18-50(44)58-51)41-26-28-43-42-15-7-9-17-48(42)56(49(43)33-41)38-13-5-2-6-14-38/h1-33H. The molecule has 0 unspecified atom stereocenters. The Bertz CT molecular complexity index is 3510. The molecule has 3 heterocycles. The van der Waals surface area contributed by atoms with E-state index in [1.54, 1.807) is 0 Å². The third-order valence-electron chi connectivity index (χ3n) is 11.4. The van der Waals surface area contributed by atoms with Crippen LogP contribution >= 0.6 is 11.3 Å². The molecule has 12 rings (SSSR count). The van der Waals surface area contributed by atoms with E-state index in [0.717, 1.165) is 61.3 Å². The minimum atomic E-state index is 0.633. The van der Waals surface area contributed by atoms with Gasteiger partial charge in [-0.05, 0) is 108 Å². The van der Waals surface area contributed by atoms with Gasteiger partial charge in [0.25, 0.3) is 0 Å². The van der Waals surface area contributed by atoms with Crippen molar-refractivity contribution in [2.24, 2.45) is 0 Å². The summed E-state index contributed by atoms with van der Waals surface area (Å²) in [5.74, 6) is 0.633. The van der Waals surface area contributed by atoms with Crippen LogP contribution in [0.1, 0.15) is 0 Å². The molecule has 0 atom stereocenters. The van der Waals surface area contributed by atoms with Crippen LogP contribution in [0, 0.1) is 0 Å². The molecule has 3 aromatic heterocycles. The van der Waals surface area contributed by atoms with Crippen LogP contribution in [0.5, 0.6) is 0 Å². The van der Waals surface area contributed by atoms with Crippen LogP contribution in [0.3, 0.4) is 0 Å². The molecule has 0 saturated heterocycles. The van der Waals surface area contributed by atoms with E-state index in [4.69, 9.17) is 9.40 Å². The summed E-state index contributed by atoms with van der Waals surface area (Å²) in [7, 11) is 0. The first-order chi connectivity index (χ1) is 28.7. The summed E-state index contributed by atoms with van der Waals surface area (Å²) in [6.45, 7) is 0. The first-order valence-electron chi connectivity index (χ1n) is 19.5. The Morgan fingerprint density at radius 3 is 1.95 bits per heavy atom. The second-order valence-corrected chi connectivity index (χ2v) is 15.9. The first-order valence-corrected chi connectivity index (χ1v) is 20.3. The molecule has 0 saturated carbocycles. The van der Waals surface area contributed by atoms with Gasteiger partial charge in [-0.3, -0.25) is 0 Å².